The number of hydrogen-bond acceptors (Lipinski definition) is 3. The summed E-state index contributed by atoms with van der Waals surface area (Å²) in [4.78, 5) is 12.8. The average molecular weight is 249 g/mol. The highest BCUT2D eigenvalue weighted by Gasteiger charge is 2.14. The van der Waals surface area contributed by atoms with E-state index in [1.807, 2.05) is 12.1 Å². The lowest BCUT2D eigenvalue weighted by Crippen LogP contribution is -2.27. The first kappa shape index (κ1) is 12.9. The van der Waals surface area contributed by atoms with Crippen molar-refractivity contribution in [1.29, 1.82) is 0 Å². The Kier molecular flexibility index (Phi) is 4.59. The van der Waals surface area contributed by atoms with Crippen molar-refractivity contribution in [3.05, 3.63) is 29.8 Å². The van der Waals surface area contributed by atoms with Crippen LogP contribution in [-0.2, 0) is 16.1 Å². The second-order valence-corrected chi connectivity index (χ2v) is 4.52. The van der Waals surface area contributed by atoms with Gasteiger partial charge in [-0.05, 0) is 18.9 Å². The molecule has 1 aromatic carbocycles. The lowest BCUT2D eigenvalue weighted by molar-refractivity contribution is -0.137. The summed E-state index contributed by atoms with van der Waals surface area (Å²) in [7, 11) is 0. The van der Waals surface area contributed by atoms with Gasteiger partial charge in [0.05, 0.1) is 13.2 Å². The quantitative estimate of drug-likeness (QED) is 0.813. The number of aliphatic carboxylic acids is 1. The van der Waals surface area contributed by atoms with Crippen LogP contribution in [0, 0.1) is 0 Å². The maximum absolute atomic E-state index is 10.5. The van der Waals surface area contributed by atoms with Crippen LogP contribution in [-0.4, -0.2) is 30.8 Å². The van der Waals surface area contributed by atoms with Gasteiger partial charge >= 0.3 is 5.97 Å². The number of fused-ring (bicyclic) bond motifs is 1. The van der Waals surface area contributed by atoms with Crippen molar-refractivity contribution in [2.24, 2.45) is 0 Å². The zero-order valence-corrected chi connectivity index (χ0v) is 10.5. The third kappa shape index (κ3) is 3.47. The molecule has 0 bridgehead atoms. The van der Waals surface area contributed by atoms with Crippen molar-refractivity contribution in [1.82, 2.24) is 0 Å². The van der Waals surface area contributed by atoms with Crippen molar-refractivity contribution < 1.29 is 14.6 Å². The van der Waals surface area contributed by atoms with Crippen molar-refractivity contribution >= 4 is 11.7 Å². The van der Waals surface area contributed by atoms with Crippen molar-refractivity contribution in [3.8, 4) is 0 Å². The van der Waals surface area contributed by atoms with Crippen molar-refractivity contribution in [2.45, 2.75) is 25.9 Å². The first-order valence-electron chi connectivity index (χ1n) is 6.40. The van der Waals surface area contributed by atoms with Gasteiger partial charge in [-0.1, -0.05) is 18.2 Å². The molecule has 0 unspecified atom stereocenters. The van der Waals surface area contributed by atoms with E-state index in [9.17, 15) is 4.79 Å². The van der Waals surface area contributed by atoms with Gasteiger partial charge in [0.15, 0.2) is 0 Å². The van der Waals surface area contributed by atoms with Crippen LogP contribution in [0.15, 0.2) is 24.3 Å². The van der Waals surface area contributed by atoms with Crippen LogP contribution >= 0.6 is 0 Å². The standard InChI is InChI=1S/C14H19NO3/c16-14(17)7-3-4-8-15-9-10-18-11-12-5-1-2-6-13(12)15/h1-2,5-6H,3-4,7-11H2,(H,16,17). The second kappa shape index (κ2) is 6.40. The minimum absolute atomic E-state index is 0.256. The SMILES string of the molecule is O=C(O)CCCCN1CCOCc2ccccc21. The first-order valence-corrected chi connectivity index (χ1v) is 6.40. The molecule has 0 amide bonds. The summed E-state index contributed by atoms with van der Waals surface area (Å²) in [5.74, 6) is -0.713. The summed E-state index contributed by atoms with van der Waals surface area (Å²) in [5, 5.41) is 8.62. The van der Waals surface area contributed by atoms with Crippen LogP contribution in [0.3, 0.4) is 0 Å². The number of ether oxygens (including phenoxy) is 1. The fraction of sp³-hybridized carbons (Fsp3) is 0.500. The number of benzene rings is 1. The third-order valence-electron chi connectivity index (χ3n) is 3.16. The fourth-order valence-electron chi connectivity index (χ4n) is 2.23. The maximum Gasteiger partial charge on any atom is 0.303 e. The monoisotopic (exact) mass is 249 g/mol. The molecule has 0 radical (unpaired) electrons. The minimum atomic E-state index is -0.713. The van der Waals surface area contributed by atoms with E-state index in [-0.39, 0.29) is 6.42 Å². The summed E-state index contributed by atoms with van der Waals surface area (Å²) in [5.41, 5.74) is 2.44. The van der Waals surface area contributed by atoms with Gasteiger partial charge in [-0.3, -0.25) is 4.79 Å². The Hall–Kier alpha value is -1.55. The molecule has 0 fully saturated rings. The molecule has 1 heterocycles. The predicted octanol–water partition coefficient (Wildman–Crippen LogP) is 2.28. The number of carbonyl (C=O) groups is 1. The zero-order valence-electron chi connectivity index (χ0n) is 10.5. The molecule has 0 aromatic heterocycles. The Balaban J connectivity index is 1.93. The molecule has 18 heavy (non-hydrogen) atoms. The van der Waals surface area contributed by atoms with E-state index in [1.165, 1.54) is 11.3 Å². The fourth-order valence-corrected chi connectivity index (χ4v) is 2.23. The summed E-state index contributed by atoms with van der Waals surface area (Å²) in [6.07, 6.45) is 1.89. The maximum atomic E-state index is 10.5. The Bertz CT molecular complexity index is 406. The van der Waals surface area contributed by atoms with Gasteiger partial charge < -0.3 is 14.7 Å². The second-order valence-electron chi connectivity index (χ2n) is 4.52. The van der Waals surface area contributed by atoms with Gasteiger partial charge in [0.2, 0.25) is 0 Å². The van der Waals surface area contributed by atoms with Crippen LogP contribution in [0.4, 0.5) is 5.69 Å². The number of hydrogen-bond donors (Lipinski definition) is 1. The van der Waals surface area contributed by atoms with E-state index in [2.05, 4.69) is 17.0 Å². The molecule has 0 spiro atoms. The molecular formula is C14H19NO3. The van der Waals surface area contributed by atoms with E-state index < -0.39 is 5.97 Å². The Labute approximate surface area is 107 Å². The van der Waals surface area contributed by atoms with Gasteiger partial charge in [-0.15, -0.1) is 0 Å². The van der Waals surface area contributed by atoms with Crippen molar-refractivity contribution in [3.63, 3.8) is 0 Å². The van der Waals surface area contributed by atoms with E-state index >= 15 is 0 Å². The molecular weight excluding hydrogens is 230 g/mol. The minimum Gasteiger partial charge on any atom is -0.481 e. The number of carboxylic acid groups (broad SMARTS) is 1. The number of rotatable bonds is 5. The largest absolute Gasteiger partial charge is 0.481 e. The Morgan fingerprint density at radius 1 is 1.33 bits per heavy atom. The van der Waals surface area contributed by atoms with Crippen LogP contribution in [0.2, 0.25) is 0 Å². The van der Waals surface area contributed by atoms with Crippen LogP contribution in [0.1, 0.15) is 24.8 Å². The molecule has 4 nitrogen and oxygen atoms in total. The molecule has 4 heteroatoms. The number of unbranched alkanes of at least 4 members (excludes halogenated alkanes) is 1. The molecule has 0 saturated carbocycles. The predicted molar refractivity (Wildman–Crippen MR) is 69.8 cm³/mol. The Morgan fingerprint density at radius 2 is 2.17 bits per heavy atom. The summed E-state index contributed by atoms with van der Waals surface area (Å²) in [6.45, 7) is 3.17. The zero-order chi connectivity index (χ0) is 12.8. The van der Waals surface area contributed by atoms with Gasteiger partial charge in [0, 0.05) is 30.8 Å². The molecule has 0 atom stereocenters. The van der Waals surface area contributed by atoms with Gasteiger partial charge in [-0.2, -0.15) is 0 Å². The normalized spacial score (nSPS) is 15.0. The molecule has 98 valence electrons. The smallest absolute Gasteiger partial charge is 0.303 e. The van der Waals surface area contributed by atoms with E-state index in [0.717, 1.165) is 32.5 Å². The summed E-state index contributed by atoms with van der Waals surface area (Å²) >= 11 is 0. The molecule has 0 saturated heterocycles. The third-order valence-corrected chi connectivity index (χ3v) is 3.16. The lowest BCUT2D eigenvalue weighted by Gasteiger charge is -2.24. The molecule has 0 aliphatic carbocycles. The van der Waals surface area contributed by atoms with E-state index in [0.29, 0.717) is 6.61 Å². The van der Waals surface area contributed by atoms with Gasteiger partial charge in [0.1, 0.15) is 0 Å². The van der Waals surface area contributed by atoms with Crippen LogP contribution in [0.25, 0.3) is 0 Å². The summed E-state index contributed by atoms with van der Waals surface area (Å²) in [6, 6.07) is 8.26. The topological polar surface area (TPSA) is 49.8 Å². The van der Waals surface area contributed by atoms with E-state index in [4.69, 9.17) is 9.84 Å². The van der Waals surface area contributed by atoms with Crippen LogP contribution in [0.5, 0.6) is 0 Å². The number of para-hydroxylation sites is 1. The molecule has 1 N–H and O–H groups in total. The molecule has 1 aliphatic rings. The number of nitrogens with zero attached hydrogens (tertiary/aromatic N) is 1. The first-order chi connectivity index (χ1) is 8.77. The summed E-state index contributed by atoms with van der Waals surface area (Å²) < 4.78 is 5.56. The molecule has 2 rings (SSSR count). The van der Waals surface area contributed by atoms with Crippen molar-refractivity contribution in [2.75, 3.05) is 24.6 Å². The molecule has 1 aliphatic heterocycles. The highest BCUT2D eigenvalue weighted by atomic mass is 16.5. The number of carboxylic acids is 1. The van der Waals surface area contributed by atoms with Crippen LogP contribution < -0.4 is 4.90 Å². The highest BCUT2D eigenvalue weighted by molar-refractivity contribution is 5.66. The highest BCUT2D eigenvalue weighted by Crippen LogP contribution is 2.23. The number of anilines is 1. The lowest BCUT2D eigenvalue weighted by atomic mass is 10.1. The van der Waals surface area contributed by atoms with E-state index in [1.54, 1.807) is 0 Å². The van der Waals surface area contributed by atoms with Gasteiger partial charge in [-0.25, -0.2) is 0 Å². The van der Waals surface area contributed by atoms with Gasteiger partial charge in [0.25, 0.3) is 0 Å². The average Bonchev–Trinajstić information content (AvgIpc) is 2.57. The Morgan fingerprint density at radius 3 is 3.00 bits per heavy atom. The molecule has 1 aromatic rings.